The molecule has 1 aliphatic carbocycles. The van der Waals surface area contributed by atoms with Crippen LogP contribution in [0.5, 0.6) is 5.75 Å². The molecule has 126 valence electrons. The van der Waals surface area contributed by atoms with Gasteiger partial charge < -0.3 is 9.64 Å². The number of amides is 1. The number of methoxy groups -OCH3 is 1. The van der Waals surface area contributed by atoms with E-state index in [1.165, 1.54) is 6.07 Å². The van der Waals surface area contributed by atoms with Crippen molar-refractivity contribution in [1.29, 1.82) is 0 Å². The maximum Gasteiger partial charge on any atom is 0.227 e. The van der Waals surface area contributed by atoms with E-state index in [9.17, 15) is 9.18 Å². The maximum atomic E-state index is 13.9. The number of ether oxygens (including phenoxy) is 1. The fourth-order valence-corrected chi connectivity index (χ4v) is 2.92. The monoisotopic (exact) mass is 347 g/mol. The van der Waals surface area contributed by atoms with E-state index in [1.807, 2.05) is 29.2 Å². The number of rotatable bonds is 6. The van der Waals surface area contributed by atoms with E-state index in [4.69, 9.17) is 16.3 Å². The van der Waals surface area contributed by atoms with Crippen molar-refractivity contribution in [1.82, 2.24) is 4.90 Å². The summed E-state index contributed by atoms with van der Waals surface area (Å²) in [5.41, 5.74) is 1.29. The molecule has 2 aromatic carbocycles. The Morgan fingerprint density at radius 2 is 1.96 bits per heavy atom. The summed E-state index contributed by atoms with van der Waals surface area (Å²) in [4.78, 5) is 14.5. The van der Waals surface area contributed by atoms with Gasteiger partial charge in [0.1, 0.15) is 11.6 Å². The number of hydrogen-bond acceptors (Lipinski definition) is 2. The summed E-state index contributed by atoms with van der Waals surface area (Å²) in [5, 5.41) is 0.295. The predicted octanol–water partition coefficient (Wildman–Crippen LogP) is 4.22. The second-order valence-electron chi connectivity index (χ2n) is 5.98. The minimum atomic E-state index is -0.434. The Morgan fingerprint density at radius 3 is 2.54 bits per heavy atom. The quantitative estimate of drug-likeness (QED) is 0.783. The third-order valence-corrected chi connectivity index (χ3v) is 4.56. The summed E-state index contributed by atoms with van der Waals surface area (Å²) in [7, 11) is 1.62. The average molecular weight is 348 g/mol. The molecule has 0 aromatic heterocycles. The van der Waals surface area contributed by atoms with Crippen LogP contribution in [-0.4, -0.2) is 24.0 Å². The number of carbonyl (C=O) groups excluding carboxylic acids is 1. The molecule has 0 radical (unpaired) electrons. The third-order valence-electron chi connectivity index (χ3n) is 4.21. The van der Waals surface area contributed by atoms with Crippen molar-refractivity contribution in [2.75, 3.05) is 7.11 Å². The van der Waals surface area contributed by atoms with Crippen LogP contribution in [-0.2, 0) is 17.8 Å². The highest BCUT2D eigenvalue weighted by molar-refractivity contribution is 6.31. The Bertz CT molecular complexity index is 708. The molecule has 1 saturated carbocycles. The van der Waals surface area contributed by atoms with Crippen LogP contribution < -0.4 is 4.74 Å². The largest absolute Gasteiger partial charge is 0.497 e. The summed E-state index contributed by atoms with van der Waals surface area (Å²) in [6.45, 7) is 0.513. The average Bonchev–Trinajstić information content (AvgIpc) is 3.41. The molecule has 0 spiro atoms. The first-order valence-electron chi connectivity index (χ1n) is 7.94. The molecule has 3 rings (SSSR count). The minimum absolute atomic E-state index is 0.0157. The number of halogens is 2. The van der Waals surface area contributed by atoms with Gasteiger partial charge in [0.2, 0.25) is 5.91 Å². The van der Waals surface area contributed by atoms with Crippen molar-refractivity contribution < 1.29 is 13.9 Å². The number of benzene rings is 2. The fourth-order valence-electron chi connectivity index (χ4n) is 2.69. The van der Waals surface area contributed by atoms with Gasteiger partial charge in [0, 0.05) is 23.2 Å². The van der Waals surface area contributed by atoms with Gasteiger partial charge in [-0.05, 0) is 42.7 Å². The molecule has 24 heavy (non-hydrogen) atoms. The van der Waals surface area contributed by atoms with Crippen LogP contribution in [0.2, 0.25) is 5.02 Å². The second-order valence-corrected chi connectivity index (χ2v) is 6.39. The topological polar surface area (TPSA) is 29.5 Å². The highest BCUT2D eigenvalue weighted by Gasteiger charge is 2.33. The van der Waals surface area contributed by atoms with Crippen molar-refractivity contribution in [3.63, 3.8) is 0 Å². The van der Waals surface area contributed by atoms with E-state index >= 15 is 0 Å². The minimum Gasteiger partial charge on any atom is -0.497 e. The van der Waals surface area contributed by atoms with Crippen LogP contribution in [0.25, 0.3) is 0 Å². The molecule has 0 saturated heterocycles. The Morgan fingerprint density at radius 1 is 1.25 bits per heavy atom. The smallest absolute Gasteiger partial charge is 0.227 e. The van der Waals surface area contributed by atoms with E-state index in [2.05, 4.69) is 0 Å². The highest BCUT2D eigenvalue weighted by Crippen LogP contribution is 2.30. The van der Waals surface area contributed by atoms with Crippen molar-refractivity contribution in [3.8, 4) is 5.75 Å². The highest BCUT2D eigenvalue weighted by atomic mass is 35.5. The predicted molar refractivity (Wildman–Crippen MR) is 91.7 cm³/mol. The van der Waals surface area contributed by atoms with Gasteiger partial charge >= 0.3 is 0 Å². The first kappa shape index (κ1) is 16.8. The first-order valence-corrected chi connectivity index (χ1v) is 8.31. The van der Waals surface area contributed by atoms with Crippen LogP contribution in [0.1, 0.15) is 24.0 Å². The molecule has 3 nitrogen and oxygen atoms in total. The van der Waals surface area contributed by atoms with Crippen LogP contribution in [0.4, 0.5) is 4.39 Å². The lowest BCUT2D eigenvalue weighted by Gasteiger charge is -2.23. The van der Waals surface area contributed by atoms with E-state index in [0.29, 0.717) is 11.6 Å². The van der Waals surface area contributed by atoms with E-state index in [1.54, 1.807) is 19.2 Å². The normalized spacial score (nSPS) is 13.6. The Hall–Kier alpha value is -2.07. The molecule has 1 amide bonds. The molecule has 0 heterocycles. The van der Waals surface area contributed by atoms with Crippen LogP contribution in [0.15, 0.2) is 42.5 Å². The first-order chi connectivity index (χ1) is 11.6. The molecule has 0 unspecified atom stereocenters. The Labute approximate surface area is 146 Å². The van der Waals surface area contributed by atoms with Crippen LogP contribution in [0.3, 0.4) is 0 Å². The summed E-state index contributed by atoms with van der Waals surface area (Å²) in [6.07, 6.45) is 1.97. The molecular weight excluding hydrogens is 329 g/mol. The zero-order chi connectivity index (χ0) is 17.1. The van der Waals surface area contributed by atoms with E-state index < -0.39 is 5.82 Å². The van der Waals surface area contributed by atoms with Gasteiger partial charge in [0.05, 0.1) is 13.5 Å². The van der Waals surface area contributed by atoms with Gasteiger partial charge in [-0.3, -0.25) is 4.79 Å². The summed E-state index contributed by atoms with van der Waals surface area (Å²) < 4.78 is 19.1. The zero-order valence-corrected chi connectivity index (χ0v) is 14.2. The molecule has 0 aliphatic heterocycles. The molecular formula is C19H19ClFNO2. The molecule has 2 aromatic rings. The fraction of sp³-hybridized carbons (Fsp3) is 0.316. The lowest BCUT2D eigenvalue weighted by Crippen LogP contribution is -2.34. The van der Waals surface area contributed by atoms with Crippen molar-refractivity contribution in [2.45, 2.75) is 31.8 Å². The lowest BCUT2D eigenvalue weighted by atomic mass is 10.1. The maximum absolute atomic E-state index is 13.9. The SMILES string of the molecule is COc1ccc(CN(C(=O)Cc2c(F)cccc2Cl)C2CC2)cc1. The number of carbonyl (C=O) groups is 1. The second kappa shape index (κ2) is 7.22. The molecule has 5 heteroatoms. The van der Waals surface area contributed by atoms with E-state index in [0.717, 1.165) is 24.2 Å². The molecule has 1 aliphatic rings. The molecule has 0 atom stereocenters. The van der Waals surface area contributed by atoms with Gasteiger partial charge in [0.15, 0.2) is 0 Å². The molecule has 0 N–H and O–H groups in total. The van der Waals surface area contributed by atoms with Crippen LogP contribution >= 0.6 is 11.6 Å². The van der Waals surface area contributed by atoms with Crippen molar-refractivity contribution in [3.05, 3.63) is 64.4 Å². The molecule has 0 bridgehead atoms. The van der Waals surface area contributed by atoms with Gasteiger partial charge in [-0.25, -0.2) is 4.39 Å². The van der Waals surface area contributed by atoms with E-state index in [-0.39, 0.29) is 23.9 Å². The Kier molecular flexibility index (Phi) is 5.05. The third kappa shape index (κ3) is 3.88. The zero-order valence-electron chi connectivity index (χ0n) is 13.5. The van der Waals surface area contributed by atoms with Crippen LogP contribution in [0, 0.1) is 5.82 Å². The van der Waals surface area contributed by atoms with Gasteiger partial charge in [-0.1, -0.05) is 29.8 Å². The number of hydrogen-bond donors (Lipinski definition) is 0. The van der Waals surface area contributed by atoms with Crippen molar-refractivity contribution in [2.24, 2.45) is 0 Å². The summed E-state index contributed by atoms with van der Waals surface area (Å²) in [6, 6.07) is 12.4. The van der Waals surface area contributed by atoms with Gasteiger partial charge in [-0.2, -0.15) is 0 Å². The standard InChI is InChI=1S/C19H19ClFNO2/c1-24-15-9-5-13(6-10-15)12-22(14-7-8-14)19(23)11-16-17(20)3-2-4-18(16)21/h2-6,9-10,14H,7-8,11-12H2,1H3. The molecule has 1 fully saturated rings. The van der Waals surface area contributed by atoms with Crippen molar-refractivity contribution >= 4 is 17.5 Å². The number of nitrogens with zero attached hydrogens (tertiary/aromatic N) is 1. The summed E-state index contributed by atoms with van der Waals surface area (Å²) in [5.74, 6) is 0.248. The Balaban J connectivity index is 1.74. The lowest BCUT2D eigenvalue weighted by molar-refractivity contribution is -0.131. The van der Waals surface area contributed by atoms with Gasteiger partial charge in [-0.15, -0.1) is 0 Å². The van der Waals surface area contributed by atoms with Gasteiger partial charge in [0.25, 0.3) is 0 Å². The summed E-state index contributed by atoms with van der Waals surface area (Å²) >= 11 is 6.04.